The number of hydrogen-bond acceptors (Lipinski definition) is 5. The summed E-state index contributed by atoms with van der Waals surface area (Å²) in [6.45, 7) is 6.49. The molecule has 0 bridgehead atoms. The van der Waals surface area contributed by atoms with Crippen molar-refractivity contribution < 1.29 is 4.79 Å². The van der Waals surface area contributed by atoms with Crippen LogP contribution >= 0.6 is 0 Å². The van der Waals surface area contributed by atoms with Gasteiger partial charge in [0.05, 0.1) is 5.52 Å². The average molecular weight is 444 g/mol. The zero-order valence-corrected chi connectivity index (χ0v) is 19.3. The molecule has 0 aliphatic carbocycles. The molecule has 4 heterocycles. The third-order valence-corrected chi connectivity index (χ3v) is 7.11. The van der Waals surface area contributed by atoms with E-state index in [1.54, 1.807) is 0 Å². The third-order valence-electron chi connectivity index (χ3n) is 7.11. The van der Waals surface area contributed by atoms with Crippen molar-refractivity contribution in [2.75, 3.05) is 44.2 Å². The highest BCUT2D eigenvalue weighted by Gasteiger charge is 2.25. The molecule has 2 aliphatic heterocycles. The van der Waals surface area contributed by atoms with E-state index in [4.69, 9.17) is 0 Å². The van der Waals surface area contributed by atoms with Crippen molar-refractivity contribution in [1.29, 1.82) is 0 Å². The molecule has 0 spiro atoms. The van der Waals surface area contributed by atoms with Crippen LogP contribution in [0.5, 0.6) is 0 Å². The molecule has 5 rings (SSSR count). The number of carbonyl (C=O) groups excluding carboxylic acids is 1. The van der Waals surface area contributed by atoms with E-state index >= 15 is 0 Å². The number of pyridine rings is 2. The molecule has 0 radical (unpaired) electrons. The predicted octanol–water partition coefficient (Wildman–Crippen LogP) is 3.97. The molecule has 172 valence electrons. The number of aromatic nitrogens is 2. The molecular formula is C27H33N5O. The molecule has 1 amide bonds. The predicted molar refractivity (Wildman–Crippen MR) is 132 cm³/mol. The summed E-state index contributed by atoms with van der Waals surface area (Å²) in [7, 11) is 0. The van der Waals surface area contributed by atoms with E-state index in [2.05, 4.69) is 44.0 Å². The highest BCUT2D eigenvalue weighted by atomic mass is 16.2. The van der Waals surface area contributed by atoms with Gasteiger partial charge >= 0.3 is 0 Å². The summed E-state index contributed by atoms with van der Waals surface area (Å²) in [5.41, 5.74) is 2.42. The number of piperazine rings is 1. The van der Waals surface area contributed by atoms with E-state index in [9.17, 15) is 4.79 Å². The quantitative estimate of drug-likeness (QED) is 0.577. The van der Waals surface area contributed by atoms with Crippen LogP contribution in [0.25, 0.3) is 10.9 Å². The van der Waals surface area contributed by atoms with Gasteiger partial charge in [-0.15, -0.1) is 0 Å². The monoisotopic (exact) mass is 443 g/mol. The second-order valence-corrected chi connectivity index (χ2v) is 9.33. The SMILES string of the molecule is O=C(CCC1CCCN(Cc2cccc3ncccc23)C1)N1CCN(c2ccccn2)CC1. The van der Waals surface area contributed by atoms with Crippen LogP contribution in [0.15, 0.2) is 60.9 Å². The normalized spacial score (nSPS) is 19.7. The van der Waals surface area contributed by atoms with Gasteiger partial charge in [0.1, 0.15) is 5.82 Å². The molecule has 33 heavy (non-hydrogen) atoms. The van der Waals surface area contributed by atoms with Gasteiger partial charge in [-0.25, -0.2) is 4.98 Å². The Bertz CT molecular complexity index is 1060. The van der Waals surface area contributed by atoms with Gasteiger partial charge in [-0.1, -0.05) is 24.3 Å². The molecule has 2 fully saturated rings. The number of rotatable bonds is 6. The topological polar surface area (TPSA) is 52.6 Å². The minimum Gasteiger partial charge on any atom is -0.353 e. The van der Waals surface area contributed by atoms with Crippen molar-refractivity contribution >= 4 is 22.6 Å². The second kappa shape index (κ2) is 10.3. The average Bonchev–Trinajstić information content (AvgIpc) is 2.88. The van der Waals surface area contributed by atoms with Gasteiger partial charge in [0.25, 0.3) is 0 Å². The van der Waals surface area contributed by atoms with Crippen LogP contribution in [-0.2, 0) is 11.3 Å². The van der Waals surface area contributed by atoms with Crippen molar-refractivity contribution in [2.24, 2.45) is 5.92 Å². The van der Waals surface area contributed by atoms with Gasteiger partial charge in [-0.2, -0.15) is 0 Å². The molecule has 6 nitrogen and oxygen atoms in total. The molecule has 1 unspecified atom stereocenters. The lowest BCUT2D eigenvalue weighted by Crippen LogP contribution is -2.49. The van der Waals surface area contributed by atoms with Crippen molar-refractivity contribution in [2.45, 2.75) is 32.2 Å². The van der Waals surface area contributed by atoms with Crippen LogP contribution in [0.3, 0.4) is 0 Å². The summed E-state index contributed by atoms with van der Waals surface area (Å²) in [4.78, 5) is 28.7. The van der Waals surface area contributed by atoms with Crippen LogP contribution in [0.1, 0.15) is 31.2 Å². The Morgan fingerprint density at radius 1 is 0.909 bits per heavy atom. The van der Waals surface area contributed by atoms with Crippen molar-refractivity contribution in [1.82, 2.24) is 19.8 Å². The standard InChI is InChI=1S/C27H33N5O/c33-27(32-18-16-31(17-19-32)26-10-1-2-13-29-26)12-11-22-6-5-15-30(20-22)21-23-7-3-9-25-24(23)8-4-14-28-25/h1-4,7-10,13-14,22H,5-6,11-12,15-21H2. The van der Waals surface area contributed by atoms with Gasteiger partial charge in [-0.05, 0) is 61.6 Å². The molecule has 2 aliphatic rings. The number of anilines is 1. The summed E-state index contributed by atoms with van der Waals surface area (Å²) in [5, 5.41) is 1.25. The lowest BCUT2D eigenvalue weighted by Gasteiger charge is -2.36. The molecule has 3 aromatic rings. The number of piperidine rings is 1. The zero-order chi connectivity index (χ0) is 22.5. The number of carbonyl (C=O) groups is 1. The van der Waals surface area contributed by atoms with Gasteiger partial charge < -0.3 is 9.80 Å². The first-order valence-corrected chi connectivity index (χ1v) is 12.2. The molecule has 6 heteroatoms. The lowest BCUT2D eigenvalue weighted by atomic mass is 9.92. The fourth-order valence-corrected chi connectivity index (χ4v) is 5.29. The van der Waals surface area contributed by atoms with Crippen molar-refractivity contribution in [3.05, 3.63) is 66.5 Å². The van der Waals surface area contributed by atoms with Gasteiger partial charge in [0, 0.05) is 63.5 Å². The highest BCUT2D eigenvalue weighted by Crippen LogP contribution is 2.25. The van der Waals surface area contributed by atoms with Crippen LogP contribution in [-0.4, -0.2) is 64.9 Å². The summed E-state index contributed by atoms with van der Waals surface area (Å²) in [5.74, 6) is 1.92. The van der Waals surface area contributed by atoms with E-state index < -0.39 is 0 Å². The summed E-state index contributed by atoms with van der Waals surface area (Å²) in [6, 6.07) is 16.6. The number of likely N-dealkylation sites (tertiary alicyclic amines) is 1. The maximum Gasteiger partial charge on any atom is 0.222 e. The van der Waals surface area contributed by atoms with Crippen molar-refractivity contribution in [3.63, 3.8) is 0 Å². The van der Waals surface area contributed by atoms with Crippen LogP contribution in [0.2, 0.25) is 0 Å². The molecular weight excluding hydrogens is 410 g/mol. The molecule has 0 N–H and O–H groups in total. The Hall–Kier alpha value is -2.99. The summed E-state index contributed by atoms with van der Waals surface area (Å²) >= 11 is 0. The molecule has 1 atom stereocenters. The van der Waals surface area contributed by atoms with E-state index in [-0.39, 0.29) is 0 Å². The van der Waals surface area contributed by atoms with Gasteiger partial charge in [0.15, 0.2) is 0 Å². The lowest BCUT2D eigenvalue weighted by molar-refractivity contribution is -0.131. The van der Waals surface area contributed by atoms with E-state index in [1.807, 2.05) is 41.6 Å². The Labute approximate surface area is 196 Å². The fraction of sp³-hybridized carbons (Fsp3) is 0.444. The minimum absolute atomic E-state index is 0.313. The molecule has 1 aromatic carbocycles. The largest absolute Gasteiger partial charge is 0.353 e. The smallest absolute Gasteiger partial charge is 0.222 e. The molecule has 2 aromatic heterocycles. The van der Waals surface area contributed by atoms with Gasteiger partial charge in [0.2, 0.25) is 5.91 Å². The van der Waals surface area contributed by atoms with E-state index in [1.165, 1.54) is 23.8 Å². The Kier molecular flexibility index (Phi) is 6.81. The maximum atomic E-state index is 12.9. The molecule has 0 saturated carbocycles. The first kappa shape index (κ1) is 21.8. The van der Waals surface area contributed by atoms with Crippen LogP contribution < -0.4 is 4.90 Å². The Morgan fingerprint density at radius 2 is 1.79 bits per heavy atom. The Morgan fingerprint density at radius 3 is 2.64 bits per heavy atom. The number of nitrogens with zero attached hydrogens (tertiary/aromatic N) is 5. The number of fused-ring (bicyclic) bond motifs is 1. The second-order valence-electron chi connectivity index (χ2n) is 9.33. The zero-order valence-electron chi connectivity index (χ0n) is 19.3. The van der Waals surface area contributed by atoms with E-state index in [0.29, 0.717) is 18.2 Å². The number of amides is 1. The highest BCUT2D eigenvalue weighted by molar-refractivity contribution is 5.81. The van der Waals surface area contributed by atoms with Crippen LogP contribution in [0.4, 0.5) is 5.82 Å². The fourth-order valence-electron chi connectivity index (χ4n) is 5.29. The maximum absolute atomic E-state index is 12.9. The first-order valence-electron chi connectivity index (χ1n) is 12.2. The molecule has 2 saturated heterocycles. The third kappa shape index (κ3) is 5.33. The van der Waals surface area contributed by atoms with E-state index in [0.717, 1.165) is 63.6 Å². The number of hydrogen-bond donors (Lipinski definition) is 0. The van der Waals surface area contributed by atoms with Crippen LogP contribution in [0, 0.1) is 5.92 Å². The summed E-state index contributed by atoms with van der Waals surface area (Å²) < 4.78 is 0. The van der Waals surface area contributed by atoms with Gasteiger partial charge in [-0.3, -0.25) is 14.7 Å². The first-order chi connectivity index (χ1) is 16.3. The number of benzene rings is 1. The minimum atomic E-state index is 0.313. The summed E-state index contributed by atoms with van der Waals surface area (Å²) in [6.07, 6.45) is 7.79. The van der Waals surface area contributed by atoms with Crippen molar-refractivity contribution in [3.8, 4) is 0 Å². The Balaban J connectivity index is 1.10.